The standard InChI is InChI=1S/C21H26ClN7O2/c1-12-15(13(2)27-20(30)31-21(3,4)5)7-8-16(17(12)22)18-25-11-26-19(29-18)28-14(9-23)10-24-6/h7-11H,2,23H2,1,3-6H3,(H,27,30)(H,25,26,28,29)/b14-9+,24-10?. The first kappa shape index (κ1) is 23.8. The second-order valence-electron chi connectivity index (χ2n) is 7.47. The van der Waals surface area contributed by atoms with Crippen LogP contribution < -0.4 is 16.4 Å². The third kappa shape index (κ3) is 6.51. The third-order valence-electron chi connectivity index (χ3n) is 3.88. The summed E-state index contributed by atoms with van der Waals surface area (Å²) >= 11 is 6.60. The summed E-state index contributed by atoms with van der Waals surface area (Å²) in [4.78, 5) is 28.6. The van der Waals surface area contributed by atoms with Crippen LogP contribution in [-0.2, 0) is 4.74 Å². The van der Waals surface area contributed by atoms with Crippen molar-refractivity contribution >= 4 is 35.6 Å². The minimum Gasteiger partial charge on any atom is -0.444 e. The Morgan fingerprint density at radius 3 is 2.65 bits per heavy atom. The molecule has 31 heavy (non-hydrogen) atoms. The molecule has 1 aromatic heterocycles. The molecule has 0 bridgehead atoms. The van der Waals surface area contributed by atoms with Crippen LogP contribution in [0.4, 0.5) is 10.7 Å². The van der Waals surface area contributed by atoms with E-state index in [4.69, 9.17) is 22.1 Å². The normalized spacial score (nSPS) is 12.0. The van der Waals surface area contributed by atoms with E-state index >= 15 is 0 Å². The molecule has 4 N–H and O–H groups in total. The zero-order valence-corrected chi connectivity index (χ0v) is 18.9. The summed E-state index contributed by atoms with van der Waals surface area (Å²) < 4.78 is 5.26. The van der Waals surface area contributed by atoms with E-state index in [0.717, 1.165) is 0 Å². The van der Waals surface area contributed by atoms with Crippen LogP contribution >= 0.6 is 11.6 Å². The van der Waals surface area contributed by atoms with Crippen molar-refractivity contribution in [2.24, 2.45) is 10.7 Å². The zero-order chi connectivity index (χ0) is 23.2. The molecular weight excluding hydrogens is 418 g/mol. The Kier molecular flexibility index (Phi) is 7.71. The molecule has 0 fully saturated rings. The molecule has 0 unspecified atom stereocenters. The van der Waals surface area contributed by atoms with Crippen LogP contribution in [0.15, 0.2) is 41.9 Å². The lowest BCUT2D eigenvalue weighted by molar-refractivity contribution is 0.0558. The average Bonchev–Trinajstić information content (AvgIpc) is 2.68. The molecule has 1 amide bonds. The van der Waals surface area contributed by atoms with Gasteiger partial charge in [-0.3, -0.25) is 10.3 Å². The SMILES string of the molecule is C=C(NC(=O)OC(C)(C)C)c1ccc(-c2ncnc(N/C(C=NC)=C/N)n2)c(Cl)c1C. The number of hydrogen-bond acceptors (Lipinski definition) is 8. The Balaban J connectivity index is 2.29. The van der Waals surface area contributed by atoms with Crippen LogP contribution in [0, 0.1) is 6.92 Å². The van der Waals surface area contributed by atoms with Crippen LogP contribution in [0.5, 0.6) is 0 Å². The molecule has 164 valence electrons. The Labute approximate surface area is 186 Å². The molecule has 0 spiro atoms. The summed E-state index contributed by atoms with van der Waals surface area (Å²) in [6.07, 6.45) is 3.67. The van der Waals surface area contributed by atoms with Crippen molar-refractivity contribution in [1.29, 1.82) is 0 Å². The van der Waals surface area contributed by atoms with Gasteiger partial charge in [0.15, 0.2) is 5.82 Å². The number of halogens is 1. The van der Waals surface area contributed by atoms with Crippen molar-refractivity contribution < 1.29 is 9.53 Å². The van der Waals surface area contributed by atoms with Crippen LogP contribution in [0.3, 0.4) is 0 Å². The number of nitrogens with one attached hydrogen (secondary N) is 2. The Hall–Kier alpha value is -3.46. The van der Waals surface area contributed by atoms with Crippen molar-refractivity contribution in [2.75, 3.05) is 12.4 Å². The Bertz CT molecular complexity index is 1040. The molecule has 0 aliphatic heterocycles. The lowest BCUT2D eigenvalue weighted by Gasteiger charge is -2.21. The van der Waals surface area contributed by atoms with Gasteiger partial charge in [0.25, 0.3) is 0 Å². The topological polar surface area (TPSA) is 127 Å². The fourth-order valence-electron chi connectivity index (χ4n) is 2.55. The Morgan fingerprint density at radius 1 is 1.32 bits per heavy atom. The molecule has 2 aromatic rings. The maximum atomic E-state index is 12.0. The molecule has 10 heteroatoms. The van der Waals surface area contributed by atoms with Crippen LogP contribution in [-0.4, -0.2) is 39.9 Å². The number of hydrogen-bond donors (Lipinski definition) is 3. The predicted octanol–water partition coefficient (Wildman–Crippen LogP) is 3.91. The number of anilines is 1. The molecule has 0 saturated heterocycles. The number of allylic oxidation sites excluding steroid dienone is 1. The monoisotopic (exact) mass is 443 g/mol. The summed E-state index contributed by atoms with van der Waals surface area (Å²) in [5.74, 6) is 0.656. The molecular formula is C21H26ClN7O2. The van der Waals surface area contributed by atoms with Crippen molar-refractivity contribution in [2.45, 2.75) is 33.3 Å². The summed E-state index contributed by atoms with van der Waals surface area (Å²) in [6.45, 7) is 11.1. The van der Waals surface area contributed by atoms with E-state index in [-0.39, 0.29) is 5.95 Å². The second kappa shape index (κ2) is 10.0. The van der Waals surface area contributed by atoms with Gasteiger partial charge < -0.3 is 15.8 Å². The number of benzene rings is 1. The van der Waals surface area contributed by atoms with Crippen molar-refractivity contribution in [1.82, 2.24) is 20.3 Å². The predicted molar refractivity (Wildman–Crippen MR) is 124 cm³/mol. The van der Waals surface area contributed by atoms with Crippen LogP contribution in [0.25, 0.3) is 17.1 Å². The first-order valence-electron chi connectivity index (χ1n) is 9.34. The van der Waals surface area contributed by atoms with E-state index in [2.05, 4.69) is 37.2 Å². The minimum absolute atomic E-state index is 0.287. The van der Waals surface area contributed by atoms with Gasteiger partial charge in [0.05, 0.1) is 10.7 Å². The molecule has 0 atom stereocenters. The van der Waals surface area contributed by atoms with Gasteiger partial charge >= 0.3 is 6.09 Å². The van der Waals surface area contributed by atoms with Crippen molar-refractivity contribution in [3.8, 4) is 11.4 Å². The largest absolute Gasteiger partial charge is 0.444 e. The fourth-order valence-corrected chi connectivity index (χ4v) is 2.80. The highest BCUT2D eigenvalue weighted by molar-refractivity contribution is 6.34. The van der Waals surface area contributed by atoms with E-state index in [1.165, 1.54) is 12.5 Å². The quantitative estimate of drug-likeness (QED) is 0.577. The van der Waals surface area contributed by atoms with Gasteiger partial charge in [0, 0.05) is 36.3 Å². The van der Waals surface area contributed by atoms with Gasteiger partial charge in [-0.25, -0.2) is 14.8 Å². The van der Waals surface area contributed by atoms with E-state index in [9.17, 15) is 4.79 Å². The number of aliphatic imine (C=N–C) groups is 1. The zero-order valence-electron chi connectivity index (χ0n) is 18.2. The number of ether oxygens (including phenoxy) is 1. The molecule has 0 radical (unpaired) electrons. The maximum absolute atomic E-state index is 12.0. The number of amides is 1. The Morgan fingerprint density at radius 2 is 2.03 bits per heavy atom. The molecule has 0 aliphatic rings. The highest BCUT2D eigenvalue weighted by atomic mass is 35.5. The summed E-state index contributed by atoms with van der Waals surface area (Å²) in [7, 11) is 1.62. The van der Waals surface area contributed by atoms with Gasteiger partial charge in [0.1, 0.15) is 11.9 Å². The number of nitrogens with two attached hydrogens (primary N) is 1. The summed E-state index contributed by atoms with van der Waals surface area (Å²) in [5.41, 5.74) is 7.81. The number of carbonyl (C=O) groups is 1. The number of nitrogens with zero attached hydrogens (tertiary/aromatic N) is 4. The highest BCUT2D eigenvalue weighted by Gasteiger charge is 2.19. The summed E-state index contributed by atoms with van der Waals surface area (Å²) in [6, 6.07) is 3.53. The van der Waals surface area contributed by atoms with Gasteiger partial charge in [-0.15, -0.1) is 0 Å². The van der Waals surface area contributed by atoms with E-state index < -0.39 is 11.7 Å². The molecule has 1 heterocycles. The first-order valence-corrected chi connectivity index (χ1v) is 9.72. The van der Waals surface area contributed by atoms with Gasteiger partial charge in [-0.1, -0.05) is 24.2 Å². The van der Waals surface area contributed by atoms with Crippen LogP contribution in [0.2, 0.25) is 5.02 Å². The average molecular weight is 444 g/mol. The van der Waals surface area contributed by atoms with Crippen LogP contribution in [0.1, 0.15) is 31.9 Å². The van der Waals surface area contributed by atoms with Gasteiger partial charge in [-0.05, 0) is 39.3 Å². The third-order valence-corrected chi connectivity index (χ3v) is 4.37. The first-order chi connectivity index (χ1) is 14.6. The molecule has 2 rings (SSSR count). The van der Waals surface area contributed by atoms with E-state index in [0.29, 0.717) is 38.9 Å². The minimum atomic E-state index is -0.618. The second-order valence-corrected chi connectivity index (χ2v) is 7.85. The number of alkyl carbamates (subject to hydrolysis) is 1. The molecule has 0 aliphatic carbocycles. The molecule has 1 aromatic carbocycles. The lowest BCUT2D eigenvalue weighted by atomic mass is 10.0. The fraction of sp³-hybridized carbons (Fsp3) is 0.286. The van der Waals surface area contributed by atoms with Gasteiger partial charge in [-0.2, -0.15) is 4.98 Å². The smallest absolute Gasteiger partial charge is 0.412 e. The number of aromatic nitrogens is 3. The van der Waals surface area contributed by atoms with Gasteiger partial charge in [0.2, 0.25) is 5.95 Å². The summed E-state index contributed by atoms with van der Waals surface area (Å²) in [5, 5.41) is 6.01. The molecule has 9 nitrogen and oxygen atoms in total. The van der Waals surface area contributed by atoms with Crippen molar-refractivity contribution in [3.63, 3.8) is 0 Å². The highest BCUT2D eigenvalue weighted by Crippen LogP contribution is 2.32. The maximum Gasteiger partial charge on any atom is 0.412 e. The van der Waals surface area contributed by atoms with E-state index in [1.54, 1.807) is 46.2 Å². The van der Waals surface area contributed by atoms with Crippen molar-refractivity contribution in [3.05, 3.63) is 53.1 Å². The van der Waals surface area contributed by atoms with E-state index in [1.807, 2.05) is 6.92 Å². The molecule has 0 saturated carbocycles. The lowest BCUT2D eigenvalue weighted by Crippen LogP contribution is -2.31. The number of rotatable bonds is 6. The number of carbonyl (C=O) groups excluding carboxylic acids is 1.